The average molecular weight is 276 g/mol. The van der Waals surface area contributed by atoms with Gasteiger partial charge in [-0.25, -0.2) is 4.79 Å². The molecule has 20 heavy (non-hydrogen) atoms. The minimum Gasteiger partial charge on any atom is -0.545 e. The van der Waals surface area contributed by atoms with Gasteiger partial charge >= 0.3 is 6.03 Å². The lowest BCUT2D eigenvalue weighted by Gasteiger charge is -2.09. The maximum Gasteiger partial charge on any atom is 0.322 e. The van der Waals surface area contributed by atoms with Crippen LogP contribution in [0.3, 0.4) is 0 Å². The first-order valence-corrected chi connectivity index (χ1v) is 5.68. The molecule has 0 unspecified atom stereocenters. The zero-order chi connectivity index (χ0) is 14.7. The molecule has 0 saturated carbocycles. The molecule has 104 valence electrons. The minimum absolute atomic E-state index is 0.00886. The van der Waals surface area contributed by atoms with E-state index in [1.165, 1.54) is 24.3 Å². The second-order valence-electron chi connectivity index (χ2n) is 4.13. The van der Waals surface area contributed by atoms with E-state index in [0.29, 0.717) is 5.69 Å². The molecule has 1 saturated heterocycles. The Morgan fingerprint density at radius 3 is 2.35 bits per heavy atom. The maximum atomic E-state index is 11.7. The SMILES string of the molecule is O=C(C[C@@H]1NC(=O)NC1=O)Nc1ccc(C(=O)[O-])cc1. The van der Waals surface area contributed by atoms with Crippen LogP contribution in [0.15, 0.2) is 24.3 Å². The van der Waals surface area contributed by atoms with Crippen LogP contribution in [0.4, 0.5) is 10.5 Å². The molecular weight excluding hydrogens is 266 g/mol. The molecule has 1 aliphatic rings. The van der Waals surface area contributed by atoms with E-state index in [9.17, 15) is 24.3 Å². The number of carbonyl (C=O) groups excluding carboxylic acids is 4. The Hall–Kier alpha value is -2.90. The van der Waals surface area contributed by atoms with Crippen LogP contribution in [0.5, 0.6) is 0 Å². The fraction of sp³-hybridized carbons (Fsp3) is 0.167. The average Bonchev–Trinajstić information content (AvgIpc) is 2.68. The highest BCUT2D eigenvalue weighted by molar-refractivity contribution is 6.06. The van der Waals surface area contributed by atoms with E-state index < -0.39 is 29.9 Å². The van der Waals surface area contributed by atoms with Crippen LogP contribution in [0, 0.1) is 0 Å². The largest absolute Gasteiger partial charge is 0.545 e. The van der Waals surface area contributed by atoms with Gasteiger partial charge in [-0.05, 0) is 17.7 Å². The van der Waals surface area contributed by atoms with Crippen molar-refractivity contribution in [2.45, 2.75) is 12.5 Å². The molecule has 1 atom stereocenters. The van der Waals surface area contributed by atoms with Crippen molar-refractivity contribution < 1.29 is 24.3 Å². The van der Waals surface area contributed by atoms with Crippen molar-refractivity contribution in [2.75, 3.05) is 5.32 Å². The van der Waals surface area contributed by atoms with Gasteiger partial charge in [-0.3, -0.25) is 14.9 Å². The number of carboxylic acids is 1. The Morgan fingerprint density at radius 1 is 1.20 bits per heavy atom. The molecule has 1 aromatic rings. The van der Waals surface area contributed by atoms with E-state index in [-0.39, 0.29) is 12.0 Å². The van der Waals surface area contributed by atoms with Crippen LogP contribution >= 0.6 is 0 Å². The summed E-state index contributed by atoms with van der Waals surface area (Å²) in [6, 6.07) is 3.84. The van der Waals surface area contributed by atoms with Gasteiger partial charge in [0.2, 0.25) is 5.91 Å². The molecule has 8 heteroatoms. The summed E-state index contributed by atoms with van der Waals surface area (Å²) in [5.74, 6) is -2.35. The molecule has 8 nitrogen and oxygen atoms in total. The van der Waals surface area contributed by atoms with Crippen LogP contribution < -0.4 is 21.1 Å². The van der Waals surface area contributed by atoms with Gasteiger partial charge in [-0.1, -0.05) is 12.1 Å². The molecule has 0 bridgehead atoms. The number of nitrogens with one attached hydrogen (secondary N) is 3. The number of imide groups is 1. The number of hydrogen-bond donors (Lipinski definition) is 3. The number of carbonyl (C=O) groups is 4. The third-order valence-electron chi connectivity index (χ3n) is 2.65. The molecule has 0 aliphatic carbocycles. The second kappa shape index (κ2) is 5.39. The molecule has 2 rings (SSSR count). The number of rotatable bonds is 4. The monoisotopic (exact) mass is 276 g/mol. The Balaban J connectivity index is 1.93. The van der Waals surface area contributed by atoms with E-state index in [1.54, 1.807) is 0 Å². The van der Waals surface area contributed by atoms with Gasteiger partial charge in [-0.2, -0.15) is 0 Å². The summed E-state index contributed by atoms with van der Waals surface area (Å²) < 4.78 is 0. The number of hydrogen-bond acceptors (Lipinski definition) is 5. The first-order valence-electron chi connectivity index (χ1n) is 5.68. The Labute approximate surface area is 113 Å². The molecule has 3 N–H and O–H groups in total. The maximum absolute atomic E-state index is 11.7. The minimum atomic E-state index is -1.31. The zero-order valence-electron chi connectivity index (χ0n) is 10.1. The van der Waals surface area contributed by atoms with E-state index >= 15 is 0 Å². The van der Waals surface area contributed by atoms with Crippen molar-refractivity contribution in [3.8, 4) is 0 Å². The summed E-state index contributed by atoms with van der Waals surface area (Å²) >= 11 is 0. The summed E-state index contributed by atoms with van der Waals surface area (Å²) in [5.41, 5.74) is 0.371. The number of urea groups is 1. The summed E-state index contributed by atoms with van der Waals surface area (Å²) in [7, 11) is 0. The van der Waals surface area contributed by atoms with Crippen LogP contribution in [-0.4, -0.2) is 29.9 Å². The van der Waals surface area contributed by atoms with Gasteiger partial charge in [-0.15, -0.1) is 0 Å². The van der Waals surface area contributed by atoms with Gasteiger partial charge < -0.3 is 20.5 Å². The van der Waals surface area contributed by atoms with E-state index in [2.05, 4.69) is 10.6 Å². The van der Waals surface area contributed by atoms with E-state index in [4.69, 9.17) is 0 Å². The first-order chi connectivity index (χ1) is 9.45. The quantitative estimate of drug-likeness (QED) is 0.582. The standard InChI is InChI=1S/C12H11N3O5/c16-9(5-8-10(17)15-12(20)14-8)13-7-3-1-6(2-4-7)11(18)19/h1-4,8H,5H2,(H,13,16)(H,18,19)(H2,14,15,17,20)/p-1/t8-/m0/s1. The summed E-state index contributed by atoms with van der Waals surface area (Å²) in [6.45, 7) is 0. The predicted octanol–water partition coefficient (Wildman–Crippen LogP) is -1.41. The molecule has 0 radical (unpaired) electrons. The van der Waals surface area contributed by atoms with Crippen molar-refractivity contribution in [3.05, 3.63) is 29.8 Å². The third-order valence-corrected chi connectivity index (χ3v) is 2.65. The van der Waals surface area contributed by atoms with Crippen LogP contribution in [0.1, 0.15) is 16.8 Å². The number of benzene rings is 1. The summed E-state index contributed by atoms with van der Waals surface area (Å²) in [6.07, 6.45) is -0.209. The number of aromatic carboxylic acids is 1. The zero-order valence-corrected chi connectivity index (χ0v) is 10.1. The highest BCUT2D eigenvalue weighted by atomic mass is 16.4. The summed E-state index contributed by atoms with van der Waals surface area (Å²) in [4.78, 5) is 44.3. The molecule has 1 fully saturated rings. The number of carboxylic acid groups (broad SMARTS) is 1. The molecule has 1 aromatic carbocycles. The lowest BCUT2D eigenvalue weighted by Crippen LogP contribution is -2.33. The van der Waals surface area contributed by atoms with Crippen molar-refractivity contribution in [3.63, 3.8) is 0 Å². The summed E-state index contributed by atoms with van der Waals surface area (Å²) in [5, 5.41) is 17.3. The lowest BCUT2D eigenvalue weighted by atomic mass is 10.2. The van der Waals surface area contributed by atoms with Gasteiger partial charge in [0.15, 0.2) is 0 Å². The highest BCUT2D eigenvalue weighted by Gasteiger charge is 2.31. The van der Waals surface area contributed by atoms with Gasteiger partial charge in [0, 0.05) is 5.69 Å². The lowest BCUT2D eigenvalue weighted by molar-refractivity contribution is -0.255. The second-order valence-corrected chi connectivity index (χ2v) is 4.13. The number of anilines is 1. The van der Waals surface area contributed by atoms with Crippen molar-refractivity contribution in [1.29, 1.82) is 0 Å². The van der Waals surface area contributed by atoms with Crippen LogP contribution in [-0.2, 0) is 9.59 Å². The van der Waals surface area contributed by atoms with Crippen LogP contribution in [0.25, 0.3) is 0 Å². The van der Waals surface area contributed by atoms with Gasteiger partial charge in [0.05, 0.1) is 12.4 Å². The fourth-order valence-electron chi connectivity index (χ4n) is 1.69. The molecule has 1 heterocycles. The highest BCUT2D eigenvalue weighted by Crippen LogP contribution is 2.10. The fourth-order valence-corrected chi connectivity index (χ4v) is 1.69. The molecular formula is C12H10N3O5-. The molecule has 0 spiro atoms. The normalized spacial score (nSPS) is 17.3. The van der Waals surface area contributed by atoms with E-state index in [0.717, 1.165) is 0 Å². The predicted molar refractivity (Wildman–Crippen MR) is 64.5 cm³/mol. The van der Waals surface area contributed by atoms with E-state index in [1.807, 2.05) is 5.32 Å². The Kier molecular flexibility index (Phi) is 3.65. The van der Waals surface area contributed by atoms with Gasteiger partial charge in [0.25, 0.3) is 5.91 Å². The topological polar surface area (TPSA) is 127 Å². The molecule has 0 aromatic heterocycles. The van der Waals surface area contributed by atoms with Crippen molar-refractivity contribution in [1.82, 2.24) is 10.6 Å². The number of amides is 4. The van der Waals surface area contributed by atoms with Crippen molar-refractivity contribution >= 4 is 29.5 Å². The Bertz CT molecular complexity index is 581. The van der Waals surface area contributed by atoms with Crippen molar-refractivity contribution in [2.24, 2.45) is 0 Å². The third kappa shape index (κ3) is 3.10. The molecule has 4 amide bonds. The molecule has 1 aliphatic heterocycles. The smallest absolute Gasteiger partial charge is 0.322 e. The Morgan fingerprint density at radius 2 is 1.85 bits per heavy atom. The van der Waals surface area contributed by atoms with Gasteiger partial charge in [0.1, 0.15) is 6.04 Å². The van der Waals surface area contributed by atoms with Crippen LogP contribution in [0.2, 0.25) is 0 Å². The first kappa shape index (κ1) is 13.5.